The van der Waals surface area contributed by atoms with Crippen LogP contribution in [0.25, 0.3) is 0 Å². The summed E-state index contributed by atoms with van der Waals surface area (Å²) in [6.07, 6.45) is 0.379. The first kappa shape index (κ1) is 12.1. The number of likely N-dealkylation sites (tertiary alicyclic amines) is 1. The Balaban J connectivity index is 2.15. The molecule has 92 valence electrons. The van der Waals surface area contributed by atoms with E-state index in [4.69, 9.17) is 0 Å². The zero-order valence-electron chi connectivity index (χ0n) is 10.3. The quantitative estimate of drug-likeness (QED) is 0.805. The second-order valence-electron chi connectivity index (χ2n) is 4.95. The Morgan fingerprint density at radius 2 is 1.94 bits per heavy atom. The fourth-order valence-corrected chi connectivity index (χ4v) is 2.35. The maximum absolute atomic E-state index is 12.3. The van der Waals surface area contributed by atoms with Crippen molar-refractivity contribution < 1.29 is 9.90 Å². The van der Waals surface area contributed by atoms with Crippen LogP contribution < -0.4 is 0 Å². The molecule has 1 aliphatic rings. The van der Waals surface area contributed by atoms with Crippen molar-refractivity contribution in [1.82, 2.24) is 4.90 Å². The molecule has 2 rings (SSSR count). The van der Waals surface area contributed by atoms with Gasteiger partial charge in [-0.25, -0.2) is 0 Å². The third kappa shape index (κ3) is 2.50. The van der Waals surface area contributed by atoms with Crippen LogP contribution in [0.15, 0.2) is 30.3 Å². The van der Waals surface area contributed by atoms with Gasteiger partial charge in [-0.2, -0.15) is 0 Å². The Hall–Kier alpha value is -1.35. The SMILES string of the molecule is C[C@@H]1CN(C(=O)c2ccccc2)[C@H](C)C[C@H]1O. The number of carbonyl (C=O) groups excluding carboxylic acids is 1. The minimum atomic E-state index is -0.287. The van der Waals surface area contributed by atoms with Crippen LogP contribution in [0.5, 0.6) is 0 Å². The van der Waals surface area contributed by atoms with Crippen molar-refractivity contribution in [3.05, 3.63) is 35.9 Å². The van der Waals surface area contributed by atoms with E-state index in [1.807, 2.05) is 49.1 Å². The number of carbonyl (C=O) groups is 1. The third-order valence-corrected chi connectivity index (χ3v) is 3.54. The molecule has 3 nitrogen and oxygen atoms in total. The lowest BCUT2D eigenvalue weighted by molar-refractivity contribution is 0.00829. The summed E-state index contributed by atoms with van der Waals surface area (Å²) < 4.78 is 0. The van der Waals surface area contributed by atoms with Crippen LogP contribution in [0.1, 0.15) is 30.6 Å². The largest absolute Gasteiger partial charge is 0.393 e. The monoisotopic (exact) mass is 233 g/mol. The van der Waals surface area contributed by atoms with Gasteiger partial charge in [0.05, 0.1) is 6.10 Å². The molecule has 0 radical (unpaired) electrons. The maximum Gasteiger partial charge on any atom is 0.254 e. The number of hydrogen-bond donors (Lipinski definition) is 1. The van der Waals surface area contributed by atoms with E-state index < -0.39 is 0 Å². The van der Waals surface area contributed by atoms with Gasteiger partial charge in [-0.1, -0.05) is 25.1 Å². The van der Waals surface area contributed by atoms with Gasteiger partial charge >= 0.3 is 0 Å². The number of amides is 1. The number of benzene rings is 1. The van der Waals surface area contributed by atoms with Crippen molar-refractivity contribution in [3.8, 4) is 0 Å². The summed E-state index contributed by atoms with van der Waals surface area (Å²) in [4.78, 5) is 14.2. The molecule has 1 aliphatic heterocycles. The van der Waals surface area contributed by atoms with E-state index >= 15 is 0 Å². The minimum Gasteiger partial charge on any atom is -0.393 e. The lowest BCUT2D eigenvalue weighted by Crippen LogP contribution is -2.50. The van der Waals surface area contributed by atoms with Crippen LogP contribution in [0.4, 0.5) is 0 Å². The number of nitrogens with zero attached hydrogens (tertiary/aromatic N) is 1. The second kappa shape index (κ2) is 4.88. The standard InChI is InChI=1S/C14H19NO2/c1-10-9-15(11(2)8-13(10)16)14(17)12-6-4-3-5-7-12/h3-7,10-11,13,16H,8-9H2,1-2H3/t10-,11-,13-/m1/s1. The van der Waals surface area contributed by atoms with Crippen molar-refractivity contribution in [2.75, 3.05) is 6.54 Å². The first-order valence-electron chi connectivity index (χ1n) is 6.13. The fourth-order valence-electron chi connectivity index (χ4n) is 2.35. The second-order valence-corrected chi connectivity index (χ2v) is 4.95. The number of piperidine rings is 1. The summed E-state index contributed by atoms with van der Waals surface area (Å²) in [6, 6.07) is 9.44. The predicted molar refractivity (Wildman–Crippen MR) is 66.7 cm³/mol. The molecule has 0 spiro atoms. The number of aliphatic hydroxyl groups excluding tert-OH is 1. The van der Waals surface area contributed by atoms with Crippen molar-refractivity contribution in [1.29, 1.82) is 0 Å². The Morgan fingerprint density at radius 1 is 1.29 bits per heavy atom. The number of rotatable bonds is 1. The Labute approximate surface area is 102 Å². The average Bonchev–Trinajstić information content (AvgIpc) is 2.34. The topological polar surface area (TPSA) is 40.5 Å². The molecular weight excluding hydrogens is 214 g/mol. The fraction of sp³-hybridized carbons (Fsp3) is 0.500. The van der Waals surface area contributed by atoms with Gasteiger partial charge in [0.2, 0.25) is 0 Å². The molecule has 0 saturated carbocycles. The molecule has 0 aliphatic carbocycles. The molecule has 1 saturated heterocycles. The van der Waals surface area contributed by atoms with E-state index in [1.165, 1.54) is 0 Å². The average molecular weight is 233 g/mol. The normalized spacial score (nSPS) is 29.1. The summed E-state index contributed by atoms with van der Waals surface area (Å²) >= 11 is 0. The van der Waals surface area contributed by atoms with Crippen molar-refractivity contribution in [3.63, 3.8) is 0 Å². The molecule has 1 aromatic carbocycles. The first-order chi connectivity index (χ1) is 8.09. The maximum atomic E-state index is 12.3. The summed E-state index contributed by atoms with van der Waals surface area (Å²) in [5, 5.41) is 9.78. The highest BCUT2D eigenvalue weighted by Gasteiger charge is 2.32. The van der Waals surface area contributed by atoms with Crippen LogP contribution in [-0.2, 0) is 0 Å². The van der Waals surface area contributed by atoms with E-state index in [0.29, 0.717) is 13.0 Å². The Bertz CT molecular complexity index is 390. The third-order valence-electron chi connectivity index (χ3n) is 3.54. The highest BCUT2D eigenvalue weighted by atomic mass is 16.3. The molecule has 1 amide bonds. The van der Waals surface area contributed by atoms with E-state index in [0.717, 1.165) is 5.56 Å². The Morgan fingerprint density at radius 3 is 2.59 bits per heavy atom. The van der Waals surface area contributed by atoms with Gasteiger partial charge in [-0.05, 0) is 31.4 Å². The predicted octanol–water partition coefficient (Wildman–Crippen LogP) is 1.92. The highest BCUT2D eigenvalue weighted by Crippen LogP contribution is 2.23. The van der Waals surface area contributed by atoms with E-state index in [1.54, 1.807) is 0 Å². The highest BCUT2D eigenvalue weighted by molar-refractivity contribution is 5.94. The summed E-state index contributed by atoms with van der Waals surface area (Å²) in [7, 11) is 0. The summed E-state index contributed by atoms with van der Waals surface area (Å²) in [5.74, 6) is 0.218. The molecule has 1 fully saturated rings. The molecule has 3 atom stereocenters. The number of aliphatic hydroxyl groups is 1. The van der Waals surface area contributed by atoms with E-state index in [-0.39, 0.29) is 24.0 Å². The summed E-state index contributed by atoms with van der Waals surface area (Å²) in [5.41, 5.74) is 0.725. The molecule has 0 bridgehead atoms. The molecule has 17 heavy (non-hydrogen) atoms. The minimum absolute atomic E-state index is 0.0665. The molecule has 1 heterocycles. The van der Waals surface area contributed by atoms with Gasteiger partial charge in [-0.3, -0.25) is 4.79 Å². The van der Waals surface area contributed by atoms with Crippen molar-refractivity contribution >= 4 is 5.91 Å². The Kier molecular flexibility index (Phi) is 3.48. The molecule has 0 unspecified atom stereocenters. The first-order valence-corrected chi connectivity index (χ1v) is 6.13. The van der Waals surface area contributed by atoms with Crippen LogP contribution >= 0.6 is 0 Å². The van der Waals surface area contributed by atoms with Crippen LogP contribution in [0, 0.1) is 5.92 Å². The van der Waals surface area contributed by atoms with Gasteiger partial charge in [-0.15, -0.1) is 0 Å². The van der Waals surface area contributed by atoms with Crippen LogP contribution in [0.3, 0.4) is 0 Å². The molecular formula is C14H19NO2. The zero-order valence-corrected chi connectivity index (χ0v) is 10.3. The van der Waals surface area contributed by atoms with Crippen LogP contribution in [0.2, 0.25) is 0 Å². The van der Waals surface area contributed by atoms with Gasteiger partial charge in [0.1, 0.15) is 0 Å². The van der Waals surface area contributed by atoms with Gasteiger partial charge < -0.3 is 10.0 Å². The zero-order chi connectivity index (χ0) is 12.4. The molecule has 3 heteroatoms. The van der Waals surface area contributed by atoms with Gasteiger partial charge in [0.25, 0.3) is 5.91 Å². The van der Waals surface area contributed by atoms with Gasteiger partial charge in [0.15, 0.2) is 0 Å². The molecule has 1 N–H and O–H groups in total. The lowest BCUT2D eigenvalue weighted by Gasteiger charge is -2.39. The van der Waals surface area contributed by atoms with E-state index in [9.17, 15) is 9.90 Å². The molecule has 0 aromatic heterocycles. The lowest BCUT2D eigenvalue weighted by atomic mass is 9.91. The van der Waals surface area contributed by atoms with Crippen molar-refractivity contribution in [2.24, 2.45) is 5.92 Å². The number of hydrogen-bond acceptors (Lipinski definition) is 2. The van der Waals surface area contributed by atoms with Gasteiger partial charge in [0, 0.05) is 18.2 Å². The van der Waals surface area contributed by atoms with E-state index in [2.05, 4.69) is 0 Å². The molecule has 1 aromatic rings. The summed E-state index contributed by atoms with van der Waals surface area (Å²) in [6.45, 7) is 4.62. The van der Waals surface area contributed by atoms with Crippen LogP contribution in [-0.4, -0.2) is 34.6 Å². The smallest absolute Gasteiger partial charge is 0.254 e. The van der Waals surface area contributed by atoms with Crippen molar-refractivity contribution in [2.45, 2.75) is 32.4 Å².